The number of fused-ring (bicyclic) bond motifs is 1. The van der Waals surface area contributed by atoms with Crippen molar-refractivity contribution >= 4 is 34.5 Å². The fraction of sp³-hybridized carbons (Fsp3) is 0.143. The highest BCUT2D eigenvalue weighted by Gasteiger charge is 2.08. The summed E-state index contributed by atoms with van der Waals surface area (Å²) in [6.45, 7) is 1.93. The summed E-state index contributed by atoms with van der Waals surface area (Å²) in [7, 11) is 0. The highest BCUT2D eigenvalue weighted by atomic mass is 16.5. The van der Waals surface area contributed by atoms with Crippen LogP contribution in [-0.2, 0) is 20.9 Å². The number of benzene rings is 2. The van der Waals surface area contributed by atoms with E-state index in [1.54, 1.807) is 61.5 Å². The molecule has 3 rings (SSSR count). The largest absolute Gasteiger partial charge is 0.463 e. The Morgan fingerprint density at radius 1 is 1.14 bits per heavy atom. The molecular weight excluding hydrogens is 358 g/mol. The van der Waals surface area contributed by atoms with Crippen LogP contribution in [0.4, 0.5) is 5.69 Å². The van der Waals surface area contributed by atoms with Crippen LogP contribution < -0.4 is 10.9 Å². The number of rotatable bonds is 6. The number of nitrogens with one attached hydrogen (secondary N) is 1. The zero-order valence-corrected chi connectivity index (χ0v) is 15.3. The van der Waals surface area contributed by atoms with Crippen molar-refractivity contribution in [2.45, 2.75) is 13.5 Å². The van der Waals surface area contributed by atoms with Gasteiger partial charge in [-0.25, -0.2) is 9.78 Å². The molecule has 0 saturated carbocycles. The van der Waals surface area contributed by atoms with Crippen molar-refractivity contribution in [3.8, 4) is 0 Å². The lowest BCUT2D eigenvalue weighted by Gasteiger charge is -2.08. The molecule has 0 aliphatic heterocycles. The van der Waals surface area contributed by atoms with Crippen molar-refractivity contribution in [1.29, 1.82) is 0 Å². The predicted octanol–water partition coefficient (Wildman–Crippen LogP) is 2.61. The Labute approximate surface area is 161 Å². The molecule has 28 heavy (non-hydrogen) atoms. The van der Waals surface area contributed by atoms with Crippen LogP contribution in [0, 0.1) is 0 Å². The molecule has 7 nitrogen and oxygen atoms in total. The molecule has 0 radical (unpaired) electrons. The summed E-state index contributed by atoms with van der Waals surface area (Å²) in [6, 6.07) is 13.9. The van der Waals surface area contributed by atoms with E-state index in [1.165, 1.54) is 17.0 Å². The highest BCUT2D eigenvalue weighted by molar-refractivity contribution is 5.91. The lowest BCUT2D eigenvalue weighted by Crippen LogP contribution is -2.27. The summed E-state index contributed by atoms with van der Waals surface area (Å²) in [5, 5.41) is 3.20. The Morgan fingerprint density at radius 2 is 1.89 bits per heavy atom. The topological polar surface area (TPSA) is 90.3 Å². The number of amides is 1. The molecule has 0 bridgehead atoms. The average Bonchev–Trinajstić information content (AvgIpc) is 2.70. The van der Waals surface area contributed by atoms with E-state index in [2.05, 4.69) is 10.3 Å². The first-order valence-corrected chi connectivity index (χ1v) is 8.76. The minimum atomic E-state index is -0.408. The van der Waals surface area contributed by atoms with Gasteiger partial charge in [0.05, 0.1) is 23.8 Å². The van der Waals surface area contributed by atoms with Crippen LogP contribution >= 0.6 is 0 Å². The number of carbonyl (C=O) groups is 2. The number of nitrogens with zero attached hydrogens (tertiary/aromatic N) is 2. The second-order valence-corrected chi connectivity index (χ2v) is 5.95. The van der Waals surface area contributed by atoms with E-state index >= 15 is 0 Å². The van der Waals surface area contributed by atoms with Crippen molar-refractivity contribution in [1.82, 2.24) is 9.55 Å². The summed E-state index contributed by atoms with van der Waals surface area (Å²) < 4.78 is 6.09. The molecule has 2 aromatic carbocycles. The Bertz CT molecular complexity index is 1080. The van der Waals surface area contributed by atoms with Gasteiger partial charge in [-0.3, -0.25) is 14.2 Å². The normalized spacial score (nSPS) is 10.9. The van der Waals surface area contributed by atoms with Gasteiger partial charge in [-0.15, -0.1) is 0 Å². The minimum absolute atomic E-state index is 0.138. The Morgan fingerprint density at radius 3 is 2.64 bits per heavy atom. The number of anilines is 1. The third-order valence-corrected chi connectivity index (χ3v) is 3.94. The number of esters is 1. The Kier molecular flexibility index (Phi) is 5.96. The number of carbonyl (C=O) groups excluding carboxylic acids is 2. The average molecular weight is 377 g/mol. The van der Waals surface area contributed by atoms with Gasteiger partial charge in [0.25, 0.3) is 5.56 Å². The molecule has 0 fully saturated rings. The summed E-state index contributed by atoms with van der Waals surface area (Å²) in [4.78, 5) is 40.2. The number of ether oxygens (including phenoxy) is 1. The Balaban J connectivity index is 1.64. The first kappa shape index (κ1) is 19.0. The number of aromatic nitrogens is 2. The summed E-state index contributed by atoms with van der Waals surface area (Å²) in [5.41, 5.74) is 1.71. The van der Waals surface area contributed by atoms with Crippen LogP contribution in [0.1, 0.15) is 12.5 Å². The molecule has 0 saturated heterocycles. The van der Waals surface area contributed by atoms with Gasteiger partial charge in [0.15, 0.2) is 0 Å². The summed E-state index contributed by atoms with van der Waals surface area (Å²) in [6.07, 6.45) is 4.34. The van der Waals surface area contributed by atoms with Crippen molar-refractivity contribution in [2.24, 2.45) is 0 Å². The molecule has 1 heterocycles. The fourth-order valence-electron chi connectivity index (χ4n) is 2.61. The molecule has 1 N–H and O–H groups in total. The van der Waals surface area contributed by atoms with Gasteiger partial charge in [-0.1, -0.05) is 24.3 Å². The number of hydrogen-bond donors (Lipinski definition) is 1. The predicted molar refractivity (Wildman–Crippen MR) is 107 cm³/mol. The lowest BCUT2D eigenvalue weighted by atomic mass is 10.2. The van der Waals surface area contributed by atoms with Gasteiger partial charge >= 0.3 is 5.97 Å². The minimum Gasteiger partial charge on any atom is -0.463 e. The highest BCUT2D eigenvalue weighted by Crippen LogP contribution is 2.11. The second-order valence-electron chi connectivity index (χ2n) is 5.95. The van der Waals surface area contributed by atoms with Gasteiger partial charge in [0.1, 0.15) is 6.54 Å². The molecule has 3 aromatic rings. The van der Waals surface area contributed by atoms with E-state index in [0.717, 1.165) is 5.56 Å². The molecule has 0 unspecified atom stereocenters. The standard InChI is InChI=1S/C21H19N3O4/c1-2-28-20(26)12-9-15-7-10-16(11-8-15)23-19(25)13-24-14-22-18-6-4-3-5-17(18)21(24)27/h3-12,14H,2,13H2,1H3,(H,23,25). The summed E-state index contributed by atoms with van der Waals surface area (Å²) in [5.74, 6) is -0.747. The fourth-order valence-corrected chi connectivity index (χ4v) is 2.61. The molecular formula is C21H19N3O4. The van der Waals surface area contributed by atoms with Gasteiger partial charge in [0.2, 0.25) is 5.91 Å². The zero-order valence-electron chi connectivity index (χ0n) is 15.3. The smallest absolute Gasteiger partial charge is 0.330 e. The lowest BCUT2D eigenvalue weighted by molar-refractivity contribution is -0.137. The van der Waals surface area contributed by atoms with Crippen LogP contribution in [0.3, 0.4) is 0 Å². The quantitative estimate of drug-likeness (QED) is 0.527. The second kappa shape index (κ2) is 8.77. The van der Waals surface area contributed by atoms with Crippen LogP contribution in [0.2, 0.25) is 0 Å². The molecule has 7 heteroatoms. The van der Waals surface area contributed by atoms with Gasteiger partial charge < -0.3 is 10.1 Å². The van der Waals surface area contributed by atoms with Crippen molar-refractivity contribution < 1.29 is 14.3 Å². The van der Waals surface area contributed by atoms with E-state index in [9.17, 15) is 14.4 Å². The molecule has 0 aliphatic rings. The van der Waals surface area contributed by atoms with E-state index in [-0.39, 0.29) is 18.0 Å². The molecule has 1 aromatic heterocycles. The van der Waals surface area contributed by atoms with Gasteiger partial charge in [0, 0.05) is 11.8 Å². The molecule has 0 spiro atoms. The number of hydrogen-bond acceptors (Lipinski definition) is 5. The van der Waals surface area contributed by atoms with Crippen molar-refractivity contribution in [3.63, 3.8) is 0 Å². The van der Waals surface area contributed by atoms with Gasteiger partial charge in [-0.2, -0.15) is 0 Å². The van der Waals surface area contributed by atoms with E-state index in [0.29, 0.717) is 23.2 Å². The van der Waals surface area contributed by atoms with E-state index in [4.69, 9.17) is 4.74 Å². The molecule has 0 aliphatic carbocycles. The van der Waals surface area contributed by atoms with E-state index < -0.39 is 5.97 Å². The van der Waals surface area contributed by atoms with Crippen LogP contribution in [-0.4, -0.2) is 28.0 Å². The first-order valence-electron chi connectivity index (χ1n) is 8.76. The molecule has 142 valence electrons. The maximum absolute atomic E-state index is 12.4. The third kappa shape index (κ3) is 4.70. The SMILES string of the molecule is CCOC(=O)C=Cc1ccc(NC(=O)Cn2cnc3ccccc3c2=O)cc1. The number of para-hydroxylation sites is 1. The van der Waals surface area contributed by atoms with E-state index in [1.807, 2.05) is 0 Å². The van der Waals surface area contributed by atoms with Gasteiger partial charge in [-0.05, 0) is 42.8 Å². The first-order chi connectivity index (χ1) is 13.6. The third-order valence-electron chi connectivity index (χ3n) is 3.94. The van der Waals surface area contributed by atoms with Crippen molar-refractivity contribution in [2.75, 3.05) is 11.9 Å². The Hall–Kier alpha value is -3.74. The summed E-state index contributed by atoms with van der Waals surface area (Å²) >= 11 is 0. The van der Waals surface area contributed by atoms with Crippen LogP contribution in [0.15, 0.2) is 65.7 Å². The molecule has 1 amide bonds. The monoisotopic (exact) mass is 377 g/mol. The maximum Gasteiger partial charge on any atom is 0.330 e. The van der Waals surface area contributed by atoms with Crippen molar-refractivity contribution in [3.05, 3.63) is 76.9 Å². The molecule has 0 atom stereocenters. The van der Waals surface area contributed by atoms with Crippen LogP contribution in [0.25, 0.3) is 17.0 Å². The maximum atomic E-state index is 12.4. The zero-order chi connectivity index (χ0) is 19.9. The van der Waals surface area contributed by atoms with Crippen LogP contribution in [0.5, 0.6) is 0 Å².